The first-order chi connectivity index (χ1) is 9.20. The van der Waals surface area contributed by atoms with E-state index in [4.69, 9.17) is 0 Å². The minimum absolute atomic E-state index is 0.118. The van der Waals surface area contributed by atoms with Gasteiger partial charge in [0.05, 0.1) is 5.56 Å². The Balaban J connectivity index is 2.18. The number of rotatable bonds is 4. The van der Waals surface area contributed by atoms with Crippen molar-refractivity contribution in [2.24, 2.45) is 0 Å². The van der Waals surface area contributed by atoms with Crippen LogP contribution in [0.15, 0.2) is 47.6 Å². The van der Waals surface area contributed by atoms with E-state index in [1.807, 2.05) is 38.1 Å². The standard InChI is InChI=1S/C15H16N2OS/c1-3-19-15-13(5-4-10-16-15)14(18)17-12-8-6-11(2)7-9-12/h4-10H,3H2,1-2H3,(H,17,18). The van der Waals surface area contributed by atoms with Crippen molar-refractivity contribution in [3.8, 4) is 0 Å². The number of aryl methyl sites for hydroxylation is 1. The zero-order valence-electron chi connectivity index (χ0n) is 11.0. The van der Waals surface area contributed by atoms with Crippen LogP contribution in [0.2, 0.25) is 0 Å². The van der Waals surface area contributed by atoms with E-state index < -0.39 is 0 Å². The number of amides is 1. The maximum absolute atomic E-state index is 12.2. The summed E-state index contributed by atoms with van der Waals surface area (Å²) in [4.78, 5) is 16.5. The fourth-order valence-electron chi connectivity index (χ4n) is 1.65. The maximum Gasteiger partial charge on any atom is 0.258 e. The van der Waals surface area contributed by atoms with E-state index in [1.165, 1.54) is 5.56 Å². The number of nitrogens with zero attached hydrogens (tertiary/aromatic N) is 1. The molecule has 1 N–H and O–H groups in total. The van der Waals surface area contributed by atoms with Gasteiger partial charge in [-0.25, -0.2) is 4.98 Å². The van der Waals surface area contributed by atoms with Gasteiger partial charge in [-0.3, -0.25) is 4.79 Å². The Labute approximate surface area is 117 Å². The molecule has 2 rings (SSSR count). The molecular weight excluding hydrogens is 256 g/mol. The third-order valence-electron chi connectivity index (χ3n) is 2.61. The average molecular weight is 272 g/mol. The van der Waals surface area contributed by atoms with Crippen LogP contribution in [0.5, 0.6) is 0 Å². The molecule has 98 valence electrons. The third kappa shape index (κ3) is 3.58. The van der Waals surface area contributed by atoms with Gasteiger partial charge in [-0.1, -0.05) is 24.6 Å². The molecule has 0 fully saturated rings. The Morgan fingerprint density at radius 1 is 1.26 bits per heavy atom. The van der Waals surface area contributed by atoms with Crippen LogP contribution in [0, 0.1) is 6.92 Å². The van der Waals surface area contributed by atoms with E-state index in [-0.39, 0.29) is 5.91 Å². The van der Waals surface area contributed by atoms with Crippen molar-refractivity contribution in [3.63, 3.8) is 0 Å². The normalized spacial score (nSPS) is 10.2. The first-order valence-electron chi connectivity index (χ1n) is 6.16. The van der Waals surface area contributed by atoms with Crippen molar-refractivity contribution in [2.45, 2.75) is 18.9 Å². The van der Waals surface area contributed by atoms with Gasteiger partial charge in [0.1, 0.15) is 5.03 Å². The molecule has 1 aromatic heterocycles. The second kappa shape index (κ2) is 6.38. The van der Waals surface area contributed by atoms with Crippen molar-refractivity contribution in [1.82, 2.24) is 4.98 Å². The number of thioether (sulfide) groups is 1. The minimum atomic E-state index is -0.118. The lowest BCUT2D eigenvalue weighted by Gasteiger charge is -2.08. The van der Waals surface area contributed by atoms with Crippen LogP contribution < -0.4 is 5.32 Å². The number of benzene rings is 1. The molecule has 0 bridgehead atoms. The molecule has 0 atom stereocenters. The number of nitrogens with one attached hydrogen (secondary N) is 1. The molecule has 0 saturated carbocycles. The molecule has 0 saturated heterocycles. The summed E-state index contributed by atoms with van der Waals surface area (Å²) in [6, 6.07) is 11.3. The zero-order chi connectivity index (χ0) is 13.7. The van der Waals surface area contributed by atoms with Gasteiger partial charge >= 0.3 is 0 Å². The summed E-state index contributed by atoms with van der Waals surface area (Å²) >= 11 is 1.57. The first kappa shape index (κ1) is 13.6. The number of anilines is 1. The van der Waals surface area contributed by atoms with Gasteiger partial charge < -0.3 is 5.32 Å². The molecule has 0 aliphatic rings. The number of pyridine rings is 1. The first-order valence-corrected chi connectivity index (χ1v) is 7.15. The highest BCUT2D eigenvalue weighted by Gasteiger charge is 2.12. The van der Waals surface area contributed by atoms with E-state index >= 15 is 0 Å². The zero-order valence-corrected chi connectivity index (χ0v) is 11.8. The molecule has 0 aliphatic carbocycles. The summed E-state index contributed by atoms with van der Waals surface area (Å²) in [5.74, 6) is 0.773. The maximum atomic E-state index is 12.2. The summed E-state index contributed by atoms with van der Waals surface area (Å²) in [6.07, 6.45) is 1.71. The van der Waals surface area contributed by atoms with Gasteiger partial charge in [-0.2, -0.15) is 0 Å². The van der Waals surface area contributed by atoms with Gasteiger partial charge in [-0.15, -0.1) is 11.8 Å². The van der Waals surface area contributed by atoms with Crippen LogP contribution in [0.3, 0.4) is 0 Å². The van der Waals surface area contributed by atoms with E-state index in [1.54, 1.807) is 30.1 Å². The fourth-order valence-corrected chi connectivity index (χ4v) is 2.38. The van der Waals surface area contributed by atoms with Crippen molar-refractivity contribution in [3.05, 3.63) is 53.7 Å². The van der Waals surface area contributed by atoms with Crippen LogP contribution in [0.1, 0.15) is 22.8 Å². The molecule has 1 amide bonds. The lowest BCUT2D eigenvalue weighted by atomic mass is 10.2. The molecule has 0 radical (unpaired) electrons. The summed E-state index contributed by atoms with van der Waals surface area (Å²) < 4.78 is 0. The molecule has 2 aromatic rings. The molecule has 0 aliphatic heterocycles. The Kier molecular flexibility index (Phi) is 4.58. The van der Waals surface area contributed by atoms with E-state index in [0.29, 0.717) is 5.56 Å². The third-order valence-corrected chi connectivity index (χ3v) is 3.49. The highest BCUT2D eigenvalue weighted by atomic mass is 32.2. The molecule has 1 heterocycles. The summed E-state index contributed by atoms with van der Waals surface area (Å²) in [5.41, 5.74) is 2.59. The minimum Gasteiger partial charge on any atom is -0.322 e. The van der Waals surface area contributed by atoms with Crippen LogP contribution in [-0.2, 0) is 0 Å². The number of hydrogen-bond donors (Lipinski definition) is 1. The molecule has 1 aromatic carbocycles. The van der Waals surface area contributed by atoms with Crippen LogP contribution in [-0.4, -0.2) is 16.6 Å². The molecule has 3 nitrogen and oxygen atoms in total. The average Bonchev–Trinajstić information content (AvgIpc) is 2.42. The molecule has 0 unspecified atom stereocenters. The van der Waals surface area contributed by atoms with Crippen molar-refractivity contribution >= 4 is 23.4 Å². The quantitative estimate of drug-likeness (QED) is 0.862. The molecule has 19 heavy (non-hydrogen) atoms. The van der Waals surface area contributed by atoms with Gasteiger partial charge in [0.25, 0.3) is 5.91 Å². The van der Waals surface area contributed by atoms with Gasteiger partial charge in [-0.05, 0) is 36.9 Å². The van der Waals surface area contributed by atoms with Crippen LogP contribution in [0.4, 0.5) is 5.69 Å². The predicted octanol–water partition coefficient (Wildman–Crippen LogP) is 3.75. The van der Waals surface area contributed by atoms with Crippen molar-refractivity contribution in [1.29, 1.82) is 0 Å². The fraction of sp³-hybridized carbons (Fsp3) is 0.200. The van der Waals surface area contributed by atoms with Crippen molar-refractivity contribution < 1.29 is 4.79 Å². The monoisotopic (exact) mass is 272 g/mol. The van der Waals surface area contributed by atoms with E-state index in [9.17, 15) is 4.79 Å². The van der Waals surface area contributed by atoms with Crippen LogP contribution >= 0.6 is 11.8 Å². The highest BCUT2D eigenvalue weighted by Crippen LogP contribution is 2.20. The Morgan fingerprint density at radius 3 is 2.68 bits per heavy atom. The SMILES string of the molecule is CCSc1ncccc1C(=O)Nc1ccc(C)cc1. The second-order valence-corrected chi connectivity index (χ2v) is 5.36. The summed E-state index contributed by atoms with van der Waals surface area (Å²) in [7, 11) is 0. The van der Waals surface area contributed by atoms with Gasteiger partial charge in [0.2, 0.25) is 0 Å². The number of carbonyl (C=O) groups excluding carboxylic acids is 1. The molecule has 4 heteroatoms. The van der Waals surface area contributed by atoms with Gasteiger partial charge in [0.15, 0.2) is 0 Å². The van der Waals surface area contributed by atoms with E-state index in [2.05, 4.69) is 10.3 Å². The Bertz CT molecular complexity index is 567. The number of aromatic nitrogens is 1. The highest BCUT2D eigenvalue weighted by molar-refractivity contribution is 7.99. The number of carbonyl (C=O) groups is 1. The Hall–Kier alpha value is -1.81. The molecule has 0 spiro atoms. The van der Waals surface area contributed by atoms with Crippen LogP contribution in [0.25, 0.3) is 0 Å². The molecular formula is C15H16N2OS. The summed E-state index contributed by atoms with van der Waals surface area (Å²) in [5, 5.41) is 3.66. The lowest BCUT2D eigenvalue weighted by Crippen LogP contribution is -2.13. The van der Waals surface area contributed by atoms with E-state index in [0.717, 1.165) is 16.5 Å². The van der Waals surface area contributed by atoms with Crippen molar-refractivity contribution in [2.75, 3.05) is 11.1 Å². The predicted molar refractivity (Wildman–Crippen MR) is 79.8 cm³/mol. The topological polar surface area (TPSA) is 42.0 Å². The largest absolute Gasteiger partial charge is 0.322 e. The summed E-state index contributed by atoms with van der Waals surface area (Å²) in [6.45, 7) is 4.06. The second-order valence-electron chi connectivity index (χ2n) is 4.11. The Morgan fingerprint density at radius 2 is 2.00 bits per heavy atom. The lowest BCUT2D eigenvalue weighted by molar-refractivity contribution is 0.102. The van der Waals surface area contributed by atoms with Gasteiger partial charge in [0, 0.05) is 11.9 Å². The smallest absolute Gasteiger partial charge is 0.258 e. The number of hydrogen-bond acceptors (Lipinski definition) is 3.